The Morgan fingerprint density at radius 2 is 1.71 bits per heavy atom. The van der Waals surface area contributed by atoms with Gasteiger partial charge in [0.25, 0.3) is 10.0 Å². The number of nitrogens with one attached hydrogen (secondary N) is 1. The fraction of sp³-hybridized carbons (Fsp3) is 0.278. The maximum Gasteiger partial charge on any atom is 0.264 e. The SMILES string of the molecule is CCCCCC(=O)NS(=O)(=O)c1ccc(-c2ccccc2O)cc1. The molecule has 0 bridgehead atoms. The molecule has 5 nitrogen and oxygen atoms in total. The van der Waals surface area contributed by atoms with Crippen molar-refractivity contribution in [1.29, 1.82) is 0 Å². The molecule has 0 aromatic heterocycles. The van der Waals surface area contributed by atoms with Crippen LogP contribution in [-0.2, 0) is 14.8 Å². The normalized spacial score (nSPS) is 11.2. The topological polar surface area (TPSA) is 83.5 Å². The number of unbranched alkanes of at least 4 members (excludes halogenated alkanes) is 2. The van der Waals surface area contributed by atoms with E-state index in [1.807, 2.05) is 6.92 Å². The van der Waals surface area contributed by atoms with Crippen LogP contribution < -0.4 is 4.72 Å². The van der Waals surface area contributed by atoms with Gasteiger partial charge in [0.05, 0.1) is 4.90 Å². The first-order chi connectivity index (χ1) is 11.4. The van der Waals surface area contributed by atoms with Gasteiger partial charge in [-0.25, -0.2) is 13.1 Å². The highest BCUT2D eigenvalue weighted by Gasteiger charge is 2.17. The number of para-hydroxylation sites is 1. The zero-order valence-corrected chi connectivity index (χ0v) is 14.3. The number of hydrogen-bond acceptors (Lipinski definition) is 4. The van der Waals surface area contributed by atoms with E-state index >= 15 is 0 Å². The Labute approximate surface area is 142 Å². The van der Waals surface area contributed by atoms with Gasteiger partial charge in [-0.2, -0.15) is 0 Å². The Morgan fingerprint density at radius 3 is 2.33 bits per heavy atom. The maximum atomic E-state index is 12.2. The molecule has 2 aromatic rings. The third-order valence-corrected chi connectivity index (χ3v) is 5.02. The number of phenols is 1. The van der Waals surface area contributed by atoms with Crippen LogP contribution >= 0.6 is 0 Å². The fourth-order valence-corrected chi connectivity index (χ4v) is 3.34. The zero-order valence-electron chi connectivity index (χ0n) is 13.5. The minimum atomic E-state index is -3.87. The predicted molar refractivity (Wildman–Crippen MR) is 93.0 cm³/mol. The molecule has 2 aromatic carbocycles. The van der Waals surface area contributed by atoms with Crippen molar-refractivity contribution < 1.29 is 18.3 Å². The molecule has 24 heavy (non-hydrogen) atoms. The van der Waals surface area contributed by atoms with Crippen LogP contribution in [0.3, 0.4) is 0 Å². The molecule has 0 radical (unpaired) electrons. The van der Waals surface area contributed by atoms with Crippen LogP contribution in [0, 0.1) is 0 Å². The van der Waals surface area contributed by atoms with Gasteiger partial charge < -0.3 is 5.11 Å². The van der Waals surface area contributed by atoms with E-state index in [-0.39, 0.29) is 17.1 Å². The average molecular weight is 347 g/mol. The third-order valence-electron chi connectivity index (χ3n) is 3.64. The molecule has 0 fully saturated rings. The monoisotopic (exact) mass is 347 g/mol. The minimum absolute atomic E-state index is 0.0190. The van der Waals surface area contributed by atoms with Crippen molar-refractivity contribution >= 4 is 15.9 Å². The lowest BCUT2D eigenvalue weighted by Gasteiger charge is -2.08. The lowest BCUT2D eigenvalue weighted by molar-refractivity contribution is -0.119. The van der Waals surface area contributed by atoms with Gasteiger partial charge in [0, 0.05) is 12.0 Å². The summed E-state index contributed by atoms with van der Waals surface area (Å²) in [6.07, 6.45) is 2.73. The molecular formula is C18H21NO4S. The van der Waals surface area contributed by atoms with Crippen molar-refractivity contribution in [3.05, 3.63) is 48.5 Å². The van der Waals surface area contributed by atoms with E-state index in [1.165, 1.54) is 12.1 Å². The quantitative estimate of drug-likeness (QED) is 0.752. The molecule has 0 saturated carbocycles. The van der Waals surface area contributed by atoms with E-state index < -0.39 is 15.9 Å². The summed E-state index contributed by atoms with van der Waals surface area (Å²) in [5, 5.41) is 9.84. The van der Waals surface area contributed by atoms with E-state index in [1.54, 1.807) is 36.4 Å². The summed E-state index contributed by atoms with van der Waals surface area (Å²) in [5.41, 5.74) is 1.31. The summed E-state index contributed by atoms with van der Waals surface area (Å²) in [5.74, 6) is -0.370. The second-order valence-corrected chi connectivity index (χ2v) is 7.21. The molecule has 128 valence electrons. The van der Waals surface area contributed by atoms with Crippen LogP contribution in [0.4, 0.5) is 0 Å². The zero-order chi connectivity index (χ0) is 17.6. The second-order valence-electron chi connectivity index (χ2n) is 5.53. The van der Waals surface area contributed by atoms with Gasteiger partial charge in [0.1, 0.15) is 5.75 Å². The Morgan fingerprint density at radius 1 is 1.04 bits per heavy atom. The van der Waals surface area contributed by atoms with Gasteiger partial charge in [-0.15, -0.1) is 0 Å². The van der Waals surface area contributed by atoms with Gasteiger partial charge in [-0.1, -0.05) is 50.1 Å². The highest BCUT2D eigenvalue weighted by molar-refractivity contribution is 7.90. The van der Waals surface area contributed by atoms with E-state index in [9.17, 15) is 18.3 Å². The van der Waals surface area contributed by atoms with Crippen molar-refractivity contribution in [3.8, 4) is 16.9 Å². The van der Waals surface area contributed by atoms with Crippen LogP contribution in [0.15, 0.2) is 53.4 Å². The first-order valence-corrected chi connectivity index (χ1v) is 9.36. The number of amides is 1. The standard InChI is InChI=1S/C18H21NO4S/c1-2-3-4-9-18(21)19-24(22,23)15-12-10-14(11-13-15)16-7-5-6-8-17(16)20/h5-8,10-13,20H,2-4,9H2,1H3,(H,19,21). The Balaban J connectivity index is 2.12. The average Bonchev–Trinajstić information content (AvgIpc) is 2.55. The molecule has 0 aliphatic heterocycles. The number of phenolic OH excluding ortho intramolecular Hbond substituents is 1. The minimum Gasteiger partial charge on any atom is -0.507 e. The first-order valence-electron chi connectivity index (χ1n) is 7.88. The molecule has 1 amide bonds. The molecule has 2 N–H and O–H groups in total. The van der Waals surface area contributed by atoms with Crippen LogP contribution in [0.2, 0.25) is 0 Å². The smallest absolute Gasteiger partial charge is 0.264 e. The van der Waals surface area contributed by atoms with Gasteiger partial charge in [0.15, 0.2) is 0 Å². The van der Waals surface area contributed by atoms with Crippen molar-refractivity contribution in [3.63, 3.8) is 0 Å². The number of aromatic hydroxyl groups is 1. The molecule has 0 heterocycles. The maximum absolute atomic E-state index is 12.2. The number of hydrogen-bond donors (Lipinski definition) is 2. The predicted octanol–water partition coefficient (Wildman–Crippen LogP) is 3.44. The van der Waals surface area contributed by atoms with Gasteiger partial charge >= 0.3 is 0 Å². The highest BCUT2D eigenvalue weighted by atomic mass is 32.2. The van der Waals surface area contributed by atoms with E-state index in [4.69, 9.17) is 0 Å². The number of rotatable bonds is 7. The highest BCUT2D eigenvalue weighted by Crippen LogP contribution is 2.29. The second kappa shape index (κ2) is 7.97. The van der Waals surface area contributed by atoms with Crippen molar-refractivity contribution in [2.45, 2.75) is 37.5 Å². The Kier molecular flexibility index (Phi) is 5.98. The van der Waals surface area contributed by atoms with Crippen molar-refractivity contribution in [2.24, 2.45) is 0 Å². The van der Waals surface area contributed by atoms with Crippen LogP contribution in [0.1, 0.15) is 32.6 Å². The first kappa shape index (κ1) is 18.0. The van der Waals surface area contributed by atoms with Crippen molar-refractivity contribution in [1.82, 2.24) is 4.72 Å². The molecule has 0 unspecified atom stereocenters. The summed E-state index contributed by atoms with van der Waals surface area (Å²) < 4.78 is 26.5. The van der Waals surface area contributed by atoms with Crippen LogP contribution in [0.5, 0.6) is 5.75 Å². The van der Waals surface area contributed by atoms with Crippen LogP contribution in [0.25, 0.3) is 11.1 Å². The van der Waals surface area contributed by atoms with E-state index in [0.29, 0.717) is 17.5 Å². The number of carbonyl (C=O) groups excluding carboxylic acids is 1. The molecule has 0 atom stereocenters. The molecule has 6 heteroatoms. The Hall–Kier alpha value is -2.34. The third kappa shape index (κ3) is 4.58. The molecule has 0 spiro atoms. The number of sulfonamides is 1. The number of carbonyl (C=O) groups is 1. The van der Waals surface area contributed by atoms with E-state index in [2.05, 4.69) is 4.72 Å². The van der Waals surface area contributed by atoms with Gasteiger partial charge in [0.2, 0.25) is 5.91 Å². The summed E-state index contributed by atoms with van der Waals surface area (Å²) >= 11 is 0. The molecule has 0 saturated heterocycles. The summed E-state index contributed by atoms with van der Waals surface area (Å²) in [6, 6.07) is 12.9. The molecule has 0 aliphatic carbocycles. The summed E-state index contributed by atoms with van der Waals surface area (Å²) in [7, 11) is -3.87. The molecule has 0 aliphatic rings. The van der Waals surface area contributed by atoms with Crippen molar-refractivity contribution in [2.75, 3.05) is 0 Å². The van der Waals surface area contributed by atoms with Gasteiger partial charge in [-0.3, -0.25) is 4.79 Å². The number of benzene rings is 2. The van der Waals surface area contributed by atoms with Gasteiger partial charge in [-0.05, 0) is 30.2 Å². The lowest BCUT2D eigenvalue weighted by atomic mass is 10.1. The largest absolute Gasteiger partial charge is 0.507 e. The molecular weight excluding hydrogens is 326 g/mol. The van der Waals surface area contributed by atoms with E-state index in [0.717, 1.165) is 12.8 Å². The van der Waals surface area contributed by atoms with Crippen LogP contribution in [-0.4, -0.2) is 19.4 Å². The summed E-state index contributed by atoms with van der Waals surface area (Å²) in [4.78, 5) is 11.7. The molecule has 2 rings (SSSR count). The summed E-state index contributed by atoms with van der Waals surface area (Å²) in [6.45, 7) is 2.01. The fourth-order valence-electron chi connectivity index (χ4n) is 2.33. The lowest BCUT2D eigenvalue weighted by Crippen LogP contribution is -2.30. The Bertz CT molecular complexity index is 798.